The molecule has 1 amide bonds. The molecule has 2 aromatic heterocycles. The summed E-state index contributed by atoms with van der Waals surface area (Å²) in [5.41, 5.74) is 2.58. The number of amides is 1. The predicted molar refractivity (Wildman–Crippen MR) is 108 cm³/mol. The van der Waals surface area contributed by atoms with E-state index in [0.717, 1.165) is 22.1 Å². The molecule has 0 spiro atoms. The Bertz CT molecular complexity index is 959. The number of carbonyl (C=O) groups is 1. The molecule has 7 heteroatoms. The van der Waals surface area contributed by atoms with Gasteiger partial charge in [-0.15, -0.1) is 10.2 Å². The lowest BCUT2D eigenvalue weighted by molar-refractivity contribution is -0.120. The van der Waals surface area contributed by atoms with Gasteiger partial charge in [0, 0.05) is 6.54 Å². The minimum atomic E-state index is -0.207. The number of aromatic nitrogens is 3. The van der Waals surface area contributed by atoms with Crippen molar-refractivity contribution in [2.45, 2.75) is 49.4 Å². The Hall–Kier alpha value is -1.86. The fourth-order valence-electron chi connectivity index (χ4n) is 3.27. The Labute approximate surface area is 160 Å². The second-order valence-corrected chi connectivity index (χ2v) is 8.90. The van der Waals surface area contributed by atoms with Crippen LogP contribution in [0.3, 0.4) is 0 Å². The monoisotopic (exact) mass is 386 g/mol. The molecule has 0 radical (unpaired) electrons. The molecule has 2 heterocycles. The molecule has 0 saturated carbocycles. The van der Waals surface area contributed by atoms with Gasteiger partial charge in [-0.25, -0.2) is 0 Å². The molecule has 1 aliphatic carbocycles. The van der Waals surface area contributed by atoms with Crippen molar-refractivity contribution in [3.05, 3.63) is 35.9 Å². The van der Waals surface area contributed by atoms with E-state index >= 15 is 0 Å². The maximum absolute atomic E-state index is 12.4. The summed E-state index contributed by atoms with van der Waals surface area (Å²) in [7, 11) is 0. The molecule has 1 aromatic carbocycles. The zero-order valence-corrected chi connectivity index (χ0v) is 16.4. The van der Waals surface area contributed by atoms with Crippen molar-refractivity contribution in [2.75, 3.05) is 6.54 Å². The first-order chi connectivity index (χ1) is 12.7. The van der Waals surface area contributed by atoms with Gasteiger partial charge in [0.2, 0.25) is 10.9 Å². The Morgan fingerprint density at radius 2 is 2.23 bits per heavy atom. The Balaban J connectivity index is 1.39. The molecule has 4 rings (SSSR count). The zero-order valence-electron chi connectivity index (χ0n) is 14.8. The molecule has 26 heavy (non-hydrogen) atoms. The third kappa shape index (κ3) is 3.64. The smallest absolute Gasteiger partial charge is 0.233 e. The van der Waals surface area contributed by atoms with Crippen LogP contribution >= 0.6 is 23.1 Å². The van der Waals surface area contributed by atoms with Gasteiger partial charge in [-0.2, -0.15) is 0 Å². The van der Waals surface area contributed by atoms with Crippen molar-refractivity contribution < 1.29 is 4.79 Å². The molecule has 5 nitrogen and oxygen atoms in total. The lowest BCUT2D eigenvalue weighted by Crippen LogP contribution is -2.32. The van der Waals surface area contributed by atoms with Gasteiger partial charge in [0.1, 0.15) is 0 Å². The van der Waals surface area contributed by atoms with Gasteiger partial charge < -0.3 is 5.32 Å². The van der Waals surface area contributed by atoms with Crippen LogP contribution in [0.2, 0.25) is 0 Å². The number of fused-ring (bicyclic) bond motifs is 3. The molecule has 0 saturated heterocycles. The summed E-state index contributed by atoms with van der Waals surface area (Å²) >= 11 is 3.08. The zero-order chi connectivity index (χ0) is 17.9. The van der Waals surface area contributed by atoms with E-state index in [1.165, 1.54) is 47.7 Å². The molecule has 1 N–H and O–H groups in total. The number of nitrogens with one attached hydrogen (secondary N) is 1. The Kier molecular flexibility index (Phi) is 5.26. The summed E-state index contributed by atoms with van der Waals surface area (Å²) in [6.07, 6.45) is 8.25. The van der Waals surface area contributed by atoms with Crippen molar-refractivity contribution in [1.82, 2.24) is 19.9 Å². The summed E-state index contributed by atoms with van der Waals surface area (Å²) in [5.74, 6) is 0.0581. The molecular weight excluding hydrogens is 364 g/mol. The van der Waals surface area contributed by atoms with E-state index in [2.05, 4.69) is 33.7 Å². The normalized spacial score (nSPS) is 16.0. The highest BCUT2D eigenvalue weighted by molar-refractivity contribution is 8.00. The number of rotatable bonds is 6. The molecule has 0 unspecified atom stereocenters. The number of thiazole rings is 1. The highest BCUT2D eigenvalue weighted by Crippen LogP contribution is 2.31. The number of benzene rings is 1. The molecule has 0 fully saturated rings. The van der Waals surface area contributed by atoms with Gasteiger partial charge in [0.05, 0.1) is 15.5 Å². The van der Waals surface area contributed by atoms with Crippen molar-refractivity contribution in [3.8, 4) is 0 Å². The van der Waals surface area contributed by atoms with Crippen LogP contribution in [0.4, 0.5) is 0 Å². The van der Waals surface area contributed by atoms with E-state index in [0.29, 0.717) is 6.54 Å². The van der Waals surface area contributed by atoms with E-state index in [-0.39, 0.29) is 11.2 Å². The maximum Gasteiger partial charge on any atom is 0.233 e. The highest BCUT2D eigenvalue weighted by atomic mass is 32.2. The fraction of sp³-hybridized carbons (Fsp3) is 0.421. The summed E-state index contributed by atoms with van der Waals surface area (Å²) < 4.78 is 3.22. The molecular formula is C19H22N4OS2. The Morgan fingerprint density at radius 1 is 1.35 bits per heavy atom. The number of allylic oxidation sites excluding steroid dienone is 1. The minimum absolute atomic E-state index is 0.0581. The lowest BCUT2D eigenvalue weighted by Gasteiger charge is -2.14. The summed E-state index contributed by atoms with van der Waals surface area (Å²) in [6, 6.07) is 8.18. The van der Waals surface area contributed by atoms with Crippen molar-refractivity contribution >= 4 is 44.2 Å². The molecule has 3 aromatic rings. The number of thioether (sulfide) groups is 1. The molecule has 1 aliphatic rings. The van der Waals surface area contributed by atoms with Crippen LogP contribution in [0.15, 0.2) is 41.1 Å². The first-order valence-corrected chi connectivity index (χ1v) is 10.8. The van der Waals surface area contributed by atoms with E-state index in [1.54, 1.807) is 11.3 Å². The highest BCUT2D eigenvalue weighted by Gasteiger charge is 2.19. The quantitative estimate of drug-likeness (QED) is 0.503. The third-order valence-corrected chi connectivity index (χ3v) is 6.75. The van der Waals surface area contributed by atoms with E-state index in [1.807, 2.05) is 23.5 Å². The number of hydrogen-bond donors (Lipinski definition) is 1. The summed E-state index contributed by atoms with van der Waals surface area (Å²) in [6.45, 7) is 2.64. The standard InChI is InChI=1S/C19H22N4OS2/c1-13(17(24)20-12-11-14-7-3-2-4-8-14)25-18-21-22-19-23(18)15-9-5-6-10-16(15)26-19/h5-7,9-10,13H,2-4,8,11-12H2,1H3,(H,20,24)/t13-/m1/s1. The number of nitrogens with zero attached hydrogens (tertiary/aromatic N) is 3. The Morgan fingerprint density at radius 3 is 3.08 bits per heavy atom. The van der Waals surface area contributed by atoms with Gasteiger partial charge in [-0.05, 0) is 51.2 Å². The number of para-hydroxylation sites is 1. The average Bonchev–Trinajstić information content (AvgIpc) is 3.22. The lowest BCUT2D eigenvalue weighted by atomic mass is 9.97. The van der Waals surface area contributed by atoms with Crippen LogP contribution in [0, 0.1) is 0 Å². The van der Waals surface area contributed by atoms with Crippen LogP contribution in [0.5, 0.6) is 0 Å². The molecule has 1 atom stereocenters. The van der Waals surface area contributed by atoms with Crippen molar-refractivity contribution in [1.29, 1.82) is 0 Å². The van der Waals surface area contributed by atoms with Gasteiger partial charge in [0.15, 0.2) is 5.16 Å². The first kappa shape index (κ1) is 17.5. The van der Waals surface area contributed by atoms with Crippen LogP contribution < -0.4 is 5.32 Å². The third-order valence-electron chi connectivity index (χ3n) is 4.69. The van der Waals surface area contributed by atoms with Crippen LogP contribution in [0.1, 0.15) is 39.0 Å². The second-order valence-electron chi connectivity index (χ2n) is 6.58. The average molecular weight is 387 g/mol. The molecule has 0 bridgehead atoms. The largest absolute Gasteiger partial charge is 0.355 e. The second kappa shape index (κ2) is 7.80. The molecule has 0 aliphatic heterocycles. The topological polar surface area (TPSA) is 59.3 Å². The predicted octanol–water partition coefficient (Wildman–Crippen LogP) is 4.43. The summed E-state index contributed by atoms with van der Waals surface area (Å²) in [4.78, 5) is 13.3. The minimum Gasteiger partial charge on any atom is -0.355 e. The van der Waals surface area contributed by atoms with Crippen LogP contribution in [0.25, 0.3) is 15.2 Å². The van der Waals surface area contributed by atoms with Crippen LogP contribution in [-0.4, -0.2) is 32.3 Å². The SMILES string of the molecule is C[C@@H](Sc1nnc2sc3ccccc3n12)C(=O)NCCC1=CCCCC1. The fourth-order valence-corrected chi connectivity index (χ4v) is 5.17. The van der Waals surface area contributed by atoms with Gasteiger partial charge in [-0.3, -0.25) is 9.20 Å². The van der Waals surface area contributed by atoms with E-state index in [4.69, 9.17) is 0 Å². The number of carbonyl (C=O) groups excluding carboxylic acids is 1. The van der Waals surface area contributed by atoms with Gasteiger partial charge >= 0.3 is 0 Å². The van der Waals surface area contributed by atoms with Crippen LogP contribution in [-0.2, 0) is 4.79 Å². The van der Waals surface area contributed by atoms with Gasteiger partial charge in [-0.1, -0.05) is 46.9 Å². The summed E-state index contributed by atoms with van der Waals surface area (Å²) in [5, 5.41) is 12.2. The molecule has 136 valence electrons. The van der Waals surface area contributed by atoms with Crippen molar-refractivity contribution in [3.63, 3.8) is 0 Å². The van der Waals surface area contributed by atoms with Crippen molar-refractivity contribution in [2.24, 2.45) is 0 Å². The number of hydrogen-bond acceptors (Lipinski definition) is 5. The maximum atomic E-state index is 12.4. The van der Waals surface area contributed by atoms with E-state index in [9.17, 15) is 4.79 Å². The first-order valence-electron chi connectivity index (χ1n) is 9.07. The van der Waals surface area contributed by atoms with Gasteiger partial charge in [0.25, 0.3) is 0 Å². The van der Waals surface area contributed by atoms with E-state index < -0.39 is 0 Å².